The van der Waals surface area contributed by atoms with Crippen LogP contribution in [0.25, 0.3) is 0 Å². The van der Waals surface area contributed by atoms with Gasteiger partial charge in [-0.3, -0.25) is 24.0 Å². The van der Waals surface area contributed by atoms with E-state index in [2.05, 4.69) is 21.3 Å². The summed E-state index contributed by atoms with van der Waals surface area (Å²) in [5.74, 6) is -1.53. The van der Waals surface area contributed by atoms with Crippen molar-refractivity contribution in [3.8, 4) is 0 Å². The summed E-state index contributed by atoms with van der Waals surface area (Å²) in [6.07, 6.45) is 5.63. The number of amides is 4. The fraction of sp³-hybridized carbons (Fsp3) is 0.645. The summed E-state index contributed by atoms with van der Waals surface area (Å²) in [6.45, 7) is 5.72. The van der Waals surface area contributed by atoms with Crippen LogP contribution >= 0.6 is 0 Å². The Labute approximate surface area is 246 Å². The van der Waals surface area contributed by atoms with Crippen LogP contribution in [0, 0.1) is 11.3 Å². The second kappa shape index (κ2) is 11.7. The van der Waals surface area contributed by atoms with E-state index in [-0.39, 0.29) is 48.1 Å². The number of carbonyl (C=O) groups is 5. The smallest absolute Gasteiger partial charge is 0.313 e. The first-order valence-corrected chi connectivity index (χ1v) is 15.2. The van der Waals surface area contributed by atoms with Crippen molar-refractivity contribution in [1.29, 1.82) is 0 Å². The van der Waals surface area contributed by atoms with E-state index in [0.717, 1.165) is 31.2 Å². The molecule has 1 saturated carbocycles. The molecule has 11 heteroatoms. The monoisotopic (exact) mass is 581 g/mol. The maximum Gasteiger partial charge on any atom is 0.313 e. The van der Waals surface area contributed by atoms with E-state index in [1.807, 2.05) is 19.9 Å². The molecule has 1 aromatic rings. The average Bonchev–Trinajstić information content (AvgIpc) is 3.57. The fourth-order valence-corrected chi connectivity index (χ4v) is 7.10. The van der Waals surface area contributed by atoms with Crippen LogP contribution in [-0.2, 0) is 35.3 Å². The summed E-state index contributed by atoms with van der Waals surface area (Å²) >= 11 is 0. The topological polar surface area (TPSA) is 146 Å². The van der Waals surface area contributed by atoms with E-state index in [1.54, 1.807) is 37.1 Å². The number of rotatable bonds is 8. The fourth-order valence-electron chi connectivity index (χ4n) is 7.10. The third-order valence-corrected chi connectivity index (χ3v) is 10.2. The first kappa shape index (κ1) is 30.0. The molecule has 7 atom stereocenters. The number of fused-ring (bicyclic) bond motifs is 3. The van der Waals surface area contributed by atoms with Crippen molar-refractivity contribution in [2.75, 3.05) is 12.4 Å². The quantitative estimate of drug-likeness (QED) is 0.344. The predicted octanol–water partition coefficient (Wildman–Crippen LogP) is 2.00. The molecule has 4 aliphatic rings. The third-order valence-electron chi connectivity index (χ3n) is 10.2. The molecule has 3 saturated heterocycles. The summed E-state index contributed by atoms with van der Waals surface area (Å²) < 4.78 is 5.61. The normalized spacial score (nSPS) is 32.8. The standard InChI is InChI=1S/C31H43N5O6/c1-18(32-4)25(37)35-23-11-6-5-10-22-12-13-24(36(22)27(23)39)26(38)33-17-20-8-7-9-21(16-20)34-28(40)31-15-14-30(3,19(31)2)29(41)42-31/h7-9,16,18-19,22-24,32H,5-6,10-15,17H2,1-4H3,(H,33,38)(H,34,40)(H,35,37)/t18-,19-,22-,23-,24-,30?,31?/m0/s1. The van der Waals surface area contributed by atoms with Gasteiger partial charge in [0.15, 0.2) is 5.60 Å². The Balaban J connectivity index is 1.22. The summed E-state index contributed by atoms with van der Waals surface area (Å²) in [5.41, 5.74) is -0.450. The van der Waals surface area contributed by atoms with Crippen LogP contribution in [0.15, 0.2) is 24.3 Å². The molecule has 1 aliphatic carbocycles. The molecule has 1 aromatic carbocycles. The zero-order valence-corrected chi connectivity index (χ0v) is 25.0. The highest BCUT2D eigenvalue weighted by Crippen LogP contribution is 2.58. The summed E-state index contributed by atoms with van der Waals surface area (Å²) in [7, 11) is 1.70. The Morgan fingerprint density at radius 2 is 1.86 bits per heavy atom. The van der Waals surface area contributed by atoms with Crippen molar-refractivity contribution in [3.05, 3.63) is 29.8 Å². The lowest BCUT2D eigenvalue weighted by atomic mass is 9.79. The van der Waals surface area contributed by atoms with E-state index in [0.29, 0.717) is 31.4 Å². The highest BCUT2D eigenvalue weighted by Gasteiger charge is 2.69. The number of anilines is 1. The Hall–Kier alpha value is -3.47. The second-order valence-corrected chi connectivity index (χ2v) is 12.6. The Kier molecular flexibility index (Phi) is 8.33. The lowest BCUT2D eigenvalue weighted by Gasteiger charge is -2.35. The van der Waals surface area contributed by atoms with Gasteiger partial charge >= 0.3 is 5.97 Å². The lowest BCUT2D eigenvalue weighted by molar-refractivity contribution is -0.165. The largest absolute Gasteiger partial charge is 0.448 e. The average molecular weight is 582 g/mol. The summed E-state index contributed by atoms with van der Waals surface area (Å²) in [6, 6.07) is 5.51. The molecule has 2 bridgehead atoms. The molecule has 3 heterocycles. The second-order valence-electron chi connectivity index (χ2n) is 12.6. The minimum atomic E-state index is -1.16. The number of nitrogens with one attached hydrogen (secondary N) is 4. The minimum Gasteiger partial charge on any atom is -0.448 e. The van der Waals surface area contributed by atoms with Crippen LogP contribution in [0.1, 0.15) is 77.7 Å². The van der Waals surface area contributed by atoms with Gasteiger partial charge in [-0.25, -0.2) is 0 Å². The van der Waals surface area contributed by atoms with Gasteiger partial charge in [0.05, 0.1) is 11.5 Å². The number of nitrogens with zero attached hydrogens (tertiary/aromatic N) is 1. The maximum absolute atomic E-state index is 13.6. The van der Waals surface area contributed by atoms with E-state index in [1.165, 1.54) is 0 Å². The predicted molar refractivity (Wildman–Crippen MR) is 155 cm³/mol. The van der Waals surface area contributed by atoms with Gasteiger partial charge in [0.25, 0.3) is 5.91 Å². The molecular formula is C31H43N5O6. The van der Waals surface area contributed by atoms with Gasteiger partial charge in [0, 0.05) is 24.2 Å². The van der Waals surface area contributed by atoms with Crippen LogP contribution in [0.5, 0.6) is 0 Å². The van der Waals surface area contributed by atoms with E-state index < -0.39 is 29.1 Å². The first-order valence-electron chi connectivity index (χ1n) is 15.2. The molecule has 3 aliphatic heterocycles. The van der Waals surface area contributed by atoms with Crippen LogP contribution < -0.4 is 21.3 Å². The maximum atomic E-state index is 13.6. The zero-order chi connectivity index (χ0) is 30.2. The third kappa shape index (κ3) is 5.27. The number of hydrogen-bond donors (Lipinski definition) is 4. The Bertz CT molecular complexity index is 1270. The van der Waals surface area contributed by atoms with Crippen molar-refractivity contribution in [3.63, 3.8) is 0 Å². The van der Waals surface area contributed by atoms with Crippen LogP contribution in [0.3, 0.4) is 0 Å². The van der Waals surface area contributed by atoms with E-state index in [9.17, 15) is 24.0 Å². The molecule has 2 unspecified atom stereocenters. The van der Waals surface area contributed by atoms with Crippen LogP contribution in [0.2, 0.25) is 0 Å². The molecule has 4 N–H and O–H groups in total. The molecule has 42 heavy (non-hydrogen) atoms. The Morgan fingerprint density at radius 3 is 2.55 bits per heavy atom. The van der Waals surface area contributed by atoms with Gasteiger partial charge in [-0.05, 0) is 77.1 Å². The molecule has 0 aromatic heterocycles. The number of likely N-dealkylation sites (N-methyl/N-ethyl adjacent to an activating group) is 1. The van der Waals surface area contributed by atoms with Gasteiger partial charge in [-0.2, -0.15) is 0 Å². The molecule has 4 fully saturated rings. The van der Waals surface area contributed by atoms with E-state index >= 15 is 0 Å². The van der Waals surface area contributed by atoms with Gasteiger partial charge in [-0.15, -0.1) is 0 Å². The SMILES string of the molecule is CN[C@@H](C)C(=O)N[C@H]1CCCC[C@H]2CC[C@@H](C(=O)NCc3cccc(NC(=O)C45CCC(C)(C(=O)O4)[C@@H]5C)c3)N2C1=O. The van der Waals surface area contributed by atoms with Gasteiger partial charge in [0.1, 0.15) is 12.1 Å². The molecule has 11 nitrogen and oxygen atoms in total. The van der Waals surface area contributed by atoms with Gasteiger partial charge in [0.2, 0.25) is 17.7 Å². The summed E-state index contributed by atoms with van der Waals surface area (Å²) in [4.78, 5) is 67.0. The van der Waals surface area contributed by atoms with Crippen LogP contribution in [-0.4, -0.2) is 71.3 Å². The summed E-state index contributed by atoms with van der Waals surface area (Å²) in [5, 5.41) is 11.7. The number of carbonyl (C=O) groups excluding carboxylic acids is 5. The Morgan fingerprint density at radius 1 is 1.10 bits per heavy atom. The lowest BCUT2D eigenvalue weighted by Crippen LogP contribution is -2.57. The minimum absolute atomic E-state index is 0.0166. The molecule has 5 rings (SSSR count). The first-order chi connectivity index (χ1) is 20.0. The highest BCUT2D eigenvalue weighted by molar-refractivity contribution is 6.02. The molecule has 0 radical (unpaired) electrons. The molecule has 0 spiro atoms. The molecular weight excluding hydrogens is 538 g/mol. The van der Waals surface area contributed by atoms with Crippen molar-refractivity contribution < 1.29 is 28.7 Å². The van der Waals surface area contributed by atoms with Crippen molar-refractivity contribution >= 4 is 35.3 Å². The zero-order valence-electron chi connectivity index (χ0n) is 25.0. The number of benzene rings is 1. The number of esters is 1. The van der Waals surface area contributed by atoms with Crippen molar-refractivity contribution in [1.82, 2.24) is 20.9 Å². The van der Waals surface area contributed by atoms with Gasteiger partial charge < -0.3 is 30.9 Å². The molecule has 4 amide bonds. The van der Waals surface area contributed by atoms with Crippen LogP contribution in [0.4, 0.5) is 5.69 Å². The van der Waals surface area contributed by atoms with Crippen molar-refractivity contribution in [2.24, 2.45) is 11.3 Å². The van der Waals surface area contributed by atoms with Crippen molar-refractivity contribution in [2.45, 2.75) is 108 Å². The van der Waals surface area contributed by atoms with E-state index in [4.69, 9.17) is 4.74 Å². The van der Waals surface area contributed by atoms with Gasteiger partial charge in [-0.1, -0.05) is 31.9 Å². The highest BCUT2D eigenvalue weighted by atomic mass is 16.6. The number of hydrogen-bond acceptors (Lipinski definition) is 7. The molecule has 228 valence electrons. The number of ether oxygens (including phenoxy) is 1.